The van der Waals surface area contributed by atoms with E-state index in [1.807, 2.05) is 12.3 Å². The summed E-state index contributed by atoms with van der Waals surface area (Å²) in [6, 6.07) is 6.23. The fourth-order valence-electron chi connectivity index (χ4n) is 3.49. The van der Waals surface area contributed by atoms with E-state index in [2.05, 4.69) is 40.0 Å². The Morgan fingerprint density at radius 1 is 1.31 bits per heavy atom. The van der Waals surface area contributed by atoms with Crippen LogP contribution in [0.2, 0.25) is 0 Å². The van der Waals surface area contributed by atoms with E-state index < -0.39 is 0 Å². The molecule has 0 saturated heterocycles. The van der Waals surface area contributed by atoms with Crippen LogP contribution < -0.4 is 0 Å². The van der Waals surface area contributed by atoms with Gasteiger partial charge < -0.3 is 0 Å². The molecule has 4 atom stereocenters. The van der Waals surface area contributed by atoms with Gasteiger partial charge in [-0.2, -0.15) is 0 Å². The number of pyridine rings is 1. The Kier molecular flexibility index (Phi) is 2.78. The van der Waals surface area contributed by atoms with Crippen molar-refractivity contribution in [1.82, 2.24) is 4.98 Å². The number of fused-ring (bicyclic) bond motifs is 1. The van der Waals surface area contributed by atoms with Crippen molar-refractivity contribution in [3.8, 4) is 0 Å². The van der Waals surface area contributed by atoms with Crippen LogP contribution in [-0.2, 0) is 0 Å². The highest BCUT2D eigenvalue weighted by atomic mass is 79.9. The monoisotopic (exact) mass is 279 g/mol. The Labute approximate surface area is 106 Å². The molecular weight excluding hydrogens is 262 g/mol. The lowest BCUT2D eigenvalue weighted by Gasteiger charge is -2.19. The average Bonchev–Trinajstić information content (AvgIpc) is 2.81. The third kappa shape index (κ3) is 1.71. The van der Waals surface area contributed by atoms with Crippen molar-refractivity contribution in [1.29, 1.82) is 0 Å². The number of alkyl halides is 1. The average molecular weight is 280 g/mol. The fourth-order valence-corrected chi connectivity index (χ4v) is 4.55. The molecule has 0 aliphatic heterocycles. The van der Waals surface area contributed by atoms with E-state index in [1.54, 1.807) is 0 Å². The zero-order chi connectivity index (χ0) is 11.1. The summed E-state index contributed by atoms with van der Waals surface area (Å²) in [5, 5.41) is 0. The van der Waals surface area contributed by atoms with Crippen LogP contribution in [0.1, 0.15) is 37.8 Å². The number of nitrogens with zero attached hydrogens (tertiary/aromatic N) is 1. The predicted molar refractivity (Wildman–Crippen MR) is 69.7 cm³/mol. The van der Waals surface area contributed by atoms with Crippen molar-refractivity contribution in [2.24, 2.45) is 17.8 Å². The van der Waals surface area contributed by atoms with Crippen molar-refractivity contribution in [2.75, 3.05) is 0 Å². The Morgan fingerprint density at radius 3 is 2.69 bits per heavy atom. The van der Waals surface area contributed by atoms with Crippen LogP contribution in [0.15, 0.2) is 24.4 Å². The van der Waals surface area contributed by atoms with Crippen molar-refractivity contribution in [2.45, 2.75) is 36.9 Å². The molecule has 16 heavy (non-hydrogen) atoms. The maximum Gasteiger partial charge on any atom is 0.0443 e. The smallest absolute Gasteiger partial charge is 0.0443 e. The van der Waals surface area contributed by atoms with Gasteiger partial charge in [-0.25, -0.2) is 0 Å². The van der Waals surface area contributed by atoms with E-state index in [0.29, 0.717) is 10.7 Å². The third-order valence-electron chi connectivity index (χ3n) is 4.47. The van der Waals surface area contributed by atoms with Gasteiger partial charge in [0.05, 0.1) is 0 Å². The normalized spacial score (nSPS) is 35.5. The van der Waals surface area contributed by atoms with Gasteiger partial charge in [0.1, 0.15) is 0 Å². The quantitative estimate of drug-likeness (QED) is 0.763. The highest BCUT2D eigenvalue weighted by Gasteiger charge is 2.56. The SMILES string of the molecule is CC(c1ccccn1)C(Br)C1C2CCCC21. The van der Waals surface area contributed by atoms with Crippen LogP contribution in [0.3, 0.4) is 0 Å². The summed E-state index contributed by atoms with van der Waals surface area (Å²) in [5.41, 5.74) is 1.23. The third-order valence-corrected chi connectivity index (χ3v) is 5.88. The van der Waals surface area contributed by atoms with Gasteiger partial charge in [0.2, 0.25) is 0 Å². The summed E-state index contributed by atoms with van der Waals surface area (Å²) >= 11 is 3.92. The highest BCUT2D eigenvalue weighted by molar-refractivity contribution is 9.09. The first-order valence-electron chi connectivity index (χ1n) is 6.34. The molecule has 2 saturated carbocycles. The molecule has 0 bridgehead atoms. The second-order valence-electron chi connectivity index (χ2n) is 5.32. The molecule has 1 aromatic rings. The minimum absolute atomic E-state index is 0.539. The van der Waals surface area contributed by atoms with Crippen LogP contribution in [0.4, 0.5) is 0 Å². The molecule has 0 aromatic carbocycles. The molecule has 0 spiro atoms. The van der Waals surface area contributed by atoms with Crippen LogP contribution in [0.25, 0.3) is 0 Å². The summed E-state index contributed by atoms with van der Waals surface area (Å²) in [7, 11) is 0. The minimum atomic E-state index is 0.539. The van der Waals surface area contributed by atoms with Crippen LogP contribution in [0, 0.1) is 17.8 Å². The first-order valence-corrected chi connectivity index (χ1v) is 7.25. The topological polar surface area (TPSA) is 12.9 Å². The van der Waals surface area contributed by atoms with E-state index in [4.69, 9.17) is 0 Å². The standard InChI is InChI=1S/C14H18BrN/c1-9(12-7-2-3-8-16-12)14(15)13-10-5-4-6-11(10)13/h2-3,7-11,13-14H,4-6H2,1H3. The molecule has 2 aliphatic rings. The van der Waals surface area contributed by atoms with Gasteiger partial charge in [-0.1, -0.05) is 35.3 Å². The molecule has 0 radical (unpaired) electrons. The summed E-state index contributed by atoms with van der Waals surface area (Å²) in [5.74, 6) is 3.51. The highest BCUT2D eigenvalue weighted by Crippen LogP contribution is 2.62. The molecule has 1 aromatic heterocycles. The van der Waals surface area contributed by atoms with Gasteiger partial charge in [-0.05, 0) is 42.7 Å². The van der Waals surface area contributed by atoms with Gasteiger partial charge in [-0.3, -0.25) is 4.98 Å². The second-order valence-corrected chi connectivity index (χ2v) is 6.38. The van der Waals surface area contributed by atoms with E-state index in [1.165, 1.54) is 25.0 Å². The van der Waals surface area contributed by atoms with Crippen molar-refractivity contribution < 1.29 is 0 Å². The van der Waals surface area contributed by atoms with E-state index >= 15 is 0 Å². The van der Waals surface area contributed by atoms with Gasteiger partial charge >= 0.3 is 0 Å². The van der Waals surface area contributed by atoms with E-state index in [0.717, 1.165) is 17.8 Å². The molecule has 0 amide bonds. The molecular formula is C14H18BrN. The maximum atomic E-state index is 4.47. The molecule has 1 nitrogen and oxygen atoms in total. The summed E-state index contributed by atoms with van der Waals surface area (Å²) in [6.45, 7) is 2.30. The fraction of sp³-hybridized carbons (Fsp3) is 0.643. The number of halogens is 1. The van der Waals surface area contributed by atoms with Crippen LogP contribution in [0.5, 0.6) is 0 Å². The molecule has 4 unspecified atom stereocenters. The molecule has 86 valence electrons. The predicted octanol–water partition coefficient (Wildman–Crippen LogP) is 3.99. The molecule has 3 rings (SSSR count). The van der Waals surface area contributed by atoms with Crippen LogP contribution in [-0.4, -0.2) is 9.81 Å². The number of aromatic nitrogens is 1. The van der Waals surface area contributed by atoms with Crippen molar-refractivity contribution >= 4 is 15.9 Å². The molecule has 1 heterocycles. The first kappa shape index (κ1) is 10.8. The summed E-state index contributed by atoms with van der Waals surface area (Å²) < 4.78 is 0. The second kappa shape index (κ2) is 4.14. The van der Waals surface area contributed by atoms with E-state index in [9.17, 15) is 0 Å². The summed E-state index contributed by atoms with van der Waals surface area (Å²) in [4.78, 5) is 5.10. The number of hydrogen-bond acceptors (Lipinski definition) is 1. The summed E-state index contributed by atoms with van der Waals surface area (Å²) in [6.07, 6.45) is 6.29. The Bertz CT molecular complexity index is 354. The zero-order valence-corrected chi connectivity index (χ0v) is 11.2. The van der Waals surface area contributed by atoms with E-state index in [-0.39, 0.29) is 0 Å². The number of rotatable bonds is 3. The van der Waals surface area contributed by atoms with Gasteiger partial charge in [0.25, 0.3) is 0 Å². The van der Waals surface area contributed by atoms with Crippen molar-refractivity contribution in [3.63, 3.8) is 0 Å². The lowest BCUT2D eigenvalue weighted by atomic mass is 9.96. The number of hydrogen-bond donors (Lipinski definition) is 0. The van der Waals surface area contributed by atoms with Gasteiger partial charge in [0, 0.05) is 22.6 Å². The minimum Gasteiger partial charge on any atom is -0.261 e. The Hall–Kier alpha value is -0.370. The maximum absolute atomic E-state index is 4.47. The molecule has 2 fully saturated rings. The molecule has 2 aliphatic carbocycles. The Balaban J connectivity index is 1.69. The lowest BCUT2D eigenvalue weighted by molar-refractivity contribution is 0.525. The van der Waals surface area contributed by atoms with Crippen LogP contribution >= 0.6 is 15.9 Å². The van der Waals surface area contributed by atoms with Gasteiger partial charge in [0.15, 0.2) is 0 Å². The van der Waals surface area contributed by atoms with Gasteiger partial charge in [-0.15, -0.1) is 0 Å². The van der Waals surface area contributed by atoms with Crippen molar-refractivity contribution in [3.05, 3.63) is 30.1 Å². The largest absolute Gasteiger partial charge is 0.261 e. The lowest BCUT2D eigenvalue weighted by Crippen LogP contribution is -2.15. The Morgan fingerprint density at radius 2 is 2.06 bits per heavy atom. The first-order chi connectivity index (χ1) is 7.79. The molecule has 0 N–H and O–H groups in total. The zero-order valence-electron chi connectivity index (χ0n) is 9.64. The molecule has 2 heteroatoms.